The highest BCUT2D eigenvalue weighted by Gasteiger charge is 2.22. The van der Waals surface area contributed by atoms with Crippen molar-refractivity contribution in [3.8, 4) is 0 Å². The van der Waals surface area contributed by atoms with Gasteiger partial charge in [0.15, 0.2) is 5.78 Å². The SMILES string of the molecule is C=CCOC(=O)N1CC=C(C(C)=O)C1. The lowest BCUT2D eigenvalue weighted by Gasteiger charge is -2.14. The number of carbonyl (C=O) groups excluding carboxylic acids is 2. The molecule has 0 spiro atoms. The topological polar surface area (TPSA) is 46.6 Å². The molecule has 0 N–H and O–H groups in total. The van der Waals surface area contributed by atoms with E-state index in [1.807, 2.05) is 0 Å². The standard InChI is InChI=1S/C10H13NO3/c1-3-6-14-10(13)11-5-4-9(7-11)8(2)12/h3-4H,1,5-7H2,2H3. The Balaban J connectivity index is 2.41. The summed E-state index contributed by atoms with van der Waals surface area (Å²) < 4.78 is 4.83. The third-order valence-electron chi connectivity index (χ3n) is 1.95. The van der Waals surface area contributed by atoms with Crippen molar-refractivity contribution in [2.75, 3.05) is 19.7 Å². The Labute approximate surface area is 82.8 Å². The van der Waals surface area contributed by atoms with E-state index in [0.29, 0.717) is 18.7 Å². The summed E-state index contributed by atoms with van der Waals surface area (Å²) in [5.41, 5.74) is 0.667. The smallest absolute Gasteiger partial charge is 0.410 e. The van der Waals surface area contributed by atoms with Gasteiger partial charge in [0.25, 0.3) is 0 Å². The molecular formula is C10H13NO3. The molecule has 0 fully saturated rings. The van der Waals surface area contributed by atoms with E-state index in [1.54, 1.807) is 6.08 Å². The molecule has 0 saturated carbocycles. The molecule has 76 valence electrons. The number of hydrogen-bond acceptors (Lipinski definition) is 3. The van der Waals surface area contributed by atoms with Crippen molar-refractivity contribution in [1.82, 2.24) is 4.90 Å². The fourth-order valence-electron chi connectivity index (χ4n) is 1.17. The minimum atomic E-state index is -0.405. The van der Waals surface area contributed by atoms with Crippen molar-refractivity contribution in [3.05, 3.63) is 24.3 Å². The first kappa shape index (κ1) is 10.5. The fraction of sp³-hybridized carbons (Fsp3) is 0.400. The van der Waals surface area contributed by atoms with Crippen LogP contribution in [0.1, 0.15) is 6.92 Å². The number of ether oxygens (including phenoxy) is 1. The van der Waals surface area contributed by atoms with Gasteiger partial charge in [0.05, 0.1) is 6.54 Å². The minimum absolute atomic E-state index is 0.00372. The predicted molar refractivity (Wildman–Crippen MR) is 51.9 cm³/mol. The van der Waals surface area contributed by atoms with Gasteiger partial charge in [0.1, 0.15) is 6.61 Å². The zero-order valence-electron chi connectivity index (χ0n) is 8.16. The van der Waals surface area contributed by atoms with E-state index in [2.05, 4.69) is 6.58 Å². The molecule has 0 aromatic carbocycles. The highest BCUT2D eigenvalue weighted by molar-refractivity contribution is 5.95. The molecule has 0 saturated heterocycles. The molecule has 0 atom stereocenters. The maximum absolute atomic E-state index is 11.3. The summed E-state index contributed by atoms with van der Waals surface area (Å²) in [7, 11) is 0. The second-order valence-electron chi connectivity index (χ2n) is 3.03. The number of carbonyl (C=O) groups is 2. The average molecular weight is 195 g/mol. The van der Waals surface area contributed by atoms with Crippen LogP contribution in [0.2, 0.25) is 0 Å². The van der Waals surface area contributed by atoms with Crippen molar-refractivity contribution in [2.24, 2.45) is 0 Å². The third kappa shape index (κ3) is 2.45. The van der Waals surface area contributed by atoms with E-state index < -0.39 is 6.09 Å². The van der Waals surface area contributed by atoms with Gasteiger partial charge in [-0.3, -0.25) is 4.79 Å². The van der Waals surface area contributed by atoms with Gasteiger partial charge < -0.3 is 9.64 Å². The highest BCUT2D eigenvalue weighted by atomic mass is 16.6. The second-order valence-corrected chi connectivity index (χ2v) is 3.03. The molecule has 0 aromatic heterocycles. The van der Waals surface area contributed by atoms with Gasteiger partial charge in [-0.1, -0.05) is 18.7 Å². The van der Waals surface area contributed by atoms with Crippen molar-refractivity contribution in [3.63, 3.8) is 0 Å². The molecule has 1 rings (SSSR count). The van der Waals surface area contributed by atoms with Gasteiger partial charge >= 0.3 is 6.09 Å². The van der Waals surface area contributed by atoms with Gasteiger partial charge in [-0.25, -0.2) is 4.79 Å². The average Bonchev–Trinajstić information content (AvgIpc) is 2.62. The zero-order chi connectivity index (χ0) is 10.6. The molecule has 14 heavy (non-hydrogen) atoms. The Morgan fingerprint density at radius 3 is 2.93 bits per heavy atom. The van der Waals surface area contributed by atoms with Gasteiger partial charge in [0.2, 0.25) is 0 Å². The minimum Gasteiger partial charge on any atom is -0.445 e. The number of rotatable bonds is 3. The number of nitrogens with zero attached hydrogens (tertiary/aromatic N) is 1. The number of amides is 1. The summed E-state index contributed by atoms with van der Waals surface area (Å²) in [4.78, 5) is 23.7. The van der Waals surface area contributed by atoms with Gasteiger partial charge in [-0.2, -0.15) is 0 Å². The van der Waals surface area contributed by atoms with Crippen LogP contribution in [0.4, 0.5) is 4.79 Å². The summed E-state index contributed by atoms with van der Waals surface area (Å²) in [5.74, 6) is 0.00372. The van der Waals surface area contributed by atoms with Crippen LogP contribution in [-0.4, -0.2) is 36.5 Å². The van der Waals surface area contributed by atoms with Crippen LogP contribution in [0.15, 0.2) is 24.3 Å². The molecule has 0 bridgehead atoms. The maximum Gasteiger partial charge on any atom is 0.410 e. The Kier molecular flexibility index (Phi) is 3.45. The van der Waals surface area contributed by atoms with E-state index >= 15 is 0 Å². The Morgan fingerprint density at radius 1 is 1.71 bits per heavy atom. The first-order valence-electron chi connectivity index (χ1n) is 4.37. The fourth-order valence-corrected chi connectivity index (χ4v) is 1.17. The Bertz CT molecular complexity index is 294. The molecule has 1 aliphatic heterocycles. The molecule has 0 aromatic rings. The molecular weight excluding hydrogens is 182 g/mol. The predicted octanol–water partition coefficient (Wildman–Crippen LogP) is 1.14. The first-order valence-corrected chi connectivity index (χ1v) is 4.37. The molecule has 0 aliphatic carbocycles. The molecule has 4 heteroatoms. The van der Waals surface area contributed by atoms with E-state index in [9.17, 15) is 9.59 Å². The first-order chi connectivity index (χ1) is 6.65. The van der Waals surface area contributed by atoms with E-state index in [4.69, 9.17) is 4.74 Å². The van der Waals surface area contributed by atoms with Crippen molar-refractivity contribution in [2.45, 2.75) is 6.92 Å². The quantitative estimate of drug-likeness (QED) is 0.634. The monoisotopic (exact) mass is 195 g/mol. The highest BCUT2D eigenvalue weighted by Crippen LogP contribution is 2.10. The maximum atomic E-state index is 11.3. The van der Waals surface area contributed by atoms with E-state index in [-0.39, 0.29) is 12.4 Å². The van der Waals surface area contributed by atoms with Crippen LogP contribution in [0.5, 0.6) is 0 Å². The van der Waals surface area contributed by atoms with Gasteiger partial charge in [-0.15, -0.1) is 0 Å². The van der Waals surface area contributed by atoms with Crippen LogP contribution in [-0.2, 0) is 9.53 Å². The summed E-state index contributed by atoms with van der Waals surface area (Å²) in [5, 5.41) is 0. The normalized spacial score (nSPS) is 14.9. The van der Waals surface area contributed by atoms with Crippen LogP contribution in [0.3, 0.4) is 0 Å². The third-order valence-corrected chi connectivity index (χ3v) is 1.95. The number of hydrogen-bond donors (Lipinski definition) is 0. The van der Waals surface area contributed by atoms with Crippen LogP contribution >= 0.6 is 0 Å². The van der Waals surface area contributed by atoms with Crippen molar-refractivity contribution >= 4 is 11.9 Å². The molecule has 0 radical (unpaired) electrons. The lowest BCUT2D eigenvalue weighted by Crippen LogP contribution is -2.30. The summed E-state index contributed by atoms with van der Waals surface area (Å²) in [6.07, 6.45) is 2.85. The van der Waals surface area contributed by atoms with Gasteiger partial charge in [-0.05, 0) is 6.92 Å². The largest absolute Gasteiger partial charge is 0.445 e. The van der Waals surface area contributed by atoms with Crippen LogP contribution in [0, 0.1) is 0 Å². The lowest BCUT2D eigenvalue weighted by molar-refractivity contribution is -0.113. The molecule has 0 unspecified atom stereocenters. The van der Waals surface area contributed by atoms with E-state index in [1.165, 1.54) is 17.9 Å². The molecule has 1 aliphatic rings. The van der Waals surface area contributed by atoms with E-state index in [0.717, 1.165) is 0 Å². The lowest BCUT2D eigenvalue weighted by atomic mass is 10.2. The Hall–Kier alpha value is -1.58. The number of Topliss-reactive ketones (excluding diaryl/α,β-unsaturated/α-hetero) is 1. The van der Waals surface area contributed by atoms with Crippen LogP contribution in [0.25, 0.3) is 0 Å². The summed E-state index contributed by atoms with van der Waals surface area (Å²) >= 11 is 0. The zero-order valence-corrected chi connectivity index (χ0v) is 8.16. The molecule has 4 nitrogen and oxygen atoms in total. The number of ketones is 1. The Morgan fingerprint density at radius 2 is 2.43 bits per heavy atom. The van der Waals surface area contributed by atoms with Crippen LogP contribution < -0.4 is 0 Å². The van der Waals surface area contributed by atoms with Gasteiger partial charge in [0, 0.05) is 12.1 Å². The summed E-state index contributed by atoms with van der Waals surface area (Å²) in [6.45, 7) is 5.93. The van der Waals surface area contributed by atoms with Crippen molar-refractivity contribution < 1.29 is 14.3 Å². The summed E-state index contributed by atoms with van der Waals surface area (Å²) in [6, 6.07) is 0. The molecule has 1 amide bonds. The molecule has 1 heterocycles. The second kappa shape index (κ2) is 4.60. The van der Waals surface area contributed by atoms with Crippen molar-refractivity contribution in [1.29, 1.82) is 0 Å².